The number of amides is 1. The zero-order chi connectivity index (χ0) is 19.6. The number of aryl methyl sites for hydroxylation is 1. The number of rotatable bonds is 7. The molecule has 1 aromatic rings. The van der Waals surface area contributed by atoms with Gasteiger partial charge < -0.3 is 24.8 Å². The Labute approximate surface area is 184 Å². The molecule has 1 saturated heterocycles. The van der Waals surface area contributed by atoms with Crippen LogP contribution in [0.5, 0.6) is 0 Å². The molecule has 9 nitrogen and oxygen atoms in total. The van der Waals surface area contributed by atoms with Crippen molar-refractivity contribution in [2.45, 2.75) is 58.4 Å². The molecule has 1 aliphatic heterocycles. The summed E-state index contributed by atoms with van der Waals surface area (Å²) < 4.78 is 10.3. The summed E-state index contributed by atoms with van der Waals surface area (Å²) in [4.78, 5) is 22.2. The maximum absolute atomic E-state index is 11.7. The molecule has 0 aromatic carbocycles. The van der Waals surface area contributed by atoms with Crippen molar-refractivity contribution >= 4 is 36.0 Å². The summed E-state index contributed by atoms with van der Waals surface area (Å²) in [7, 11) is 1.76. The Hall–Kier alpha value is -1.59. The maximum Gasteiger partial charge on any atom is 0.409 e. The van der Waals surface area contributed by atoms with E-state index in [1.807, 2.05) is 20.8 Å². The number of ether oxygens (including phenoxy) is 1. The molecule has 160 valence electrons. The Morgan fingerprint density at radius 3 is 2.68 bits per heavy atom. The Bertz CT molecular complexity index is 614. The summed E-state index contributed by atoms with van der Waals surface area (Å²) in [6.07, 6.45) is 3.14. The van der Waals surface area contributed by atoms with Gasteiger partial charge in [0.25, 0.3) is 0 Å². The summed E-state index contributed by atoms with van der Waals surface area (Å²) >= 11 is 0. The Balaban J connectivity index is 0.00000392. The second-order valence-corrected chi connectivity index (χ2v) is 6.91. The van der Waals surface area contributed by atoms with Gasteiger partial charge in [-0.15, -0.1) is 24.0 Å². The number of carbonyl (C=O) groups excluding carboxylic acids is 1. The minimum atomic E-state index is -0.222. The number of nitrogens with zero attached hydrogens (tertiary/aromatic N) is 4. The number of guanidine groups is 1. The van der Waals surface area contributed by atoms with E-state index >= 15 is 0 Å². The predicted molar refractivity (Wildman–Crippen MR) is 118 cm³/mol. The molecule has 1 amide bonds. The van der Waals surface area contributed by atoms with Crippen LogP contribution in [0.1, 0.15) is 57.7 Å². The average molecular weight is 508 g/mol. The molecule has 2 rings (SSSR count). The third-order valence-corrected chi connectivity index (χ3v) is 4.45. The van der Waals surface area contributed by atoms with Crippen LogP contribution in [0, 0.1) is 0 Å². The Morgan fingerprint density at radius 2 is 2.11 bits per heavy atom. The third kappa shape index (κ3) is 7.80. The van der Waals surface area contributed by atoms with Gasteiger partial charge in [0.1, 0.15) is 0 Å². The van der Waals surface area contributed by atoms with Crippen LogP contribution >= 0.6 is 24.0 Å². The van der Waals surface area contributed by atoms with Crippen molar-refractivity contribution in [2.75, 3.05) is 33.3 Å². The average Bonchev–Trinajstić information content (AvgIpc) is 3.14. The number of carbonyl (C=O) groups is 1. The first-order chi connectivity index (χ1) is 13.0. The molecule has 0 spiro atoms. The zero-order valence-corrected chi connectivity index (χ0v) is 19.6. The topological polar surface area (TPSA) is 105 Å². The highest BCUT2D eigenvalue weighted by atomic mass is 127. The van der Waals surface area contributed by atoms with E-state index in [0.29, 0.717) is 31.6 Å². The molecule has 0 saturated carbocycles. The smallest absolute Gasteiger partial charge is 0.409 e. The van der Waals surface area contributed by atoms with Crippen LogP contribution in [0.2, 0.25) is 0 Å². The summed E-state index contributed by atoms with van der Waals surface area (Å²) in [5.41, 5.74) is 0. The number of nitrogens with one attached hydrogen (secondary N) is 2. The van der Waals surface area contributed by atoms with Crippen molar-refractivity contribution < 1.29 is 14.1 Å². The monoisotopic (exact) mass is 508 g/mol. The number of hydrogen-bond acceptors (Lipinski definition) is 6. The molecule has 0 radical (unpaired) electrons. The van der Waals surface area contributed by atoms with Gasteiger partial charge in [-0.2, -0.15) is 4.98 Å². The van der Waals surface area contributed by atoms with Gasteiger partial charge in [-0.05, 0) is 26.2 Å². The number of piperidine rings is 1. The van der Waals surface area contributed by atoms with Crippen LogP contribution in [-0.4, -0.2) is 66.4 Å². The molecule has 1 aromatic heterocycles. The SMILES string of the molecule is CCOC(=O)N1CCC(NC(=NC)NCCCc2nc(C(C)C)no2)CC1.I. The van der Waals surface area contributed by atoms with Gasteiger partial charge in [0, 0.05) is 45.1 Å². The summed E-state index contributed by atoms with van der Waals surface area (Å²) in [5, 5.41) is 10.7. The molecule has 2 N–H and O–H groups in total. The van der Waals surface area contributed by atoms with Gasteiger partial charge in [-0.25, -0.2) is 4.79 Å². The first-order valence-corrected chi connectivity index (χ1v) is 9.74. The molecule has 1 aliphatic rings. The van der Waals surface area contributed by atoms with E-state index in [9.17, 15) is 4.79 Å². The number of halogens is 1. The minimum absolute atomic E-state index is 0. The van der Waals surface area contributed by atoms with Gasteiger partial charge in [-0.1, -0.05) is 19.0 Å². The third-order valence-electron chi connectivity index (χ3n) is 4.45. The Morgan fingerprint density at radius 1 is 1.39 bits per heavy atom. The van der Waals surface area contributed by atoms with E-state index in [1.54, 1.807) is 11.9 Å². The fraction of sp³-hybridized carbons (Fsp3) is 0.778. The number of aromatic nitrogens is 2. The minimum Gasteiger partial charge on any atom is -0.450 e. The highest BCUT2D eigenvalue weighted by Crippen LogP contribution is 2.12. The molecule has 0 aliphatic carbocycles. The van der Waals surface area contributed by atoms with E-state index in [1.165, 1.54) is 0 Å². The van der Waals surface area contributed by atoms with Crippen LogP contribution in [0.15, 0.2) is 9.52 Å². The molecule has 0 bridgehead atoms. The lowest BCUT2D eigenvalue weighted by atomic mass is 10.1. The highest BCUT2D eigenvalue weighted by Gasteiger charge is 2.24. The van der Waals surface area contributed by atoms with Crippen molar-refractivity contribution in [3.63, 3.8) is 0 Å². The summed E-state index contributed by atoms with van der Waals surface area (Å²) in [5.74, 6) is 2.48. The molecular weight excluding hydrogens is 475 g/mol. The van der Waals surface area contributed by atoms with E-state index in [-0.39, 0.29) is 36.0 Å². The van der Waals surface area contributed by atoms with Crippen molar-refractivity contribution in [1.82, 2.24) is 25.7 Å². The van der Waals surface area contributed by atoms with Gasteiger partial charge in [0.15, 0.2) is 11.8 Å². The van der Waals surface area contributed by atoms with Crippen LogP contribution in [0.4, 0.5) is 4.79 Å². The lowest BCUT2D eigenvalue weighted by Gasteiger charge is -2.32. The fourth-order valence-corrected chi connectivity index (χ4v) is 2.86. The van der Waals surface area contributed by atoms with Crippen molar-refractivity contribution in [2.24, 2.45) is 4.99 Å². The fourth-order valence-electron chi connectivity index (χ4n) is 2.86. The van der Waals surface area contributed by atoms with Gasteiger partial charge in [-0.3, -0.25) is 4.99 Å². The normalized spacial score (nSPS) is 15.3. The lowest BCUT2D eigenvalue weighted by Crippen LogP contribution is -2.50. The quantitative estimate of drug-likeness (QED) is 0.253. The number of hydrogen-bond donors (Lipinski definition) is 2. The predicted octanol–water partition coefficient (Wildman–Crippen LogP) is 2.53. The van der Waals surface area contributed by atoms with Crippen molar-refractivity contribution in [1.29, 1.82) is 0 Å². The van der Waals surface area contributed by atoms with E-state index in [4.69, 9.17) is 9.26 Å². The maximum atomic E-state index is 11.7. The number of aliphatic imine (C=N–C) groups is 1. The first-order valence-electron chi connectivity index (χ1n) is 9.74. The first kappa shape index (κ1) is 24.4. The van der Waals surface area contributed by atoms with Crippen LogP contribution in [0.3, 0.4) is 0 Å². The second-order valence-electron chi connectivity index (χ2n) is 6.91. The summed E-state index contributed by atoms with van der Waals surface area (Å²) in [6, 6.07) is 0.298. The Kier molecular flexibility index (Phi) is 11.2. The van der Waals surface area contributed by atoms with Crippen molar-refractivity contribution in [3.05, 3.63) is 11.7 Å². The van der Waals surface area contributed by atoms with E-state index in [2.05, 4.69) is 25.8 Å². The number of likely N-dealkylation sites (tertiary alicyclic amines) is 1. The van der Waals surface area contributed by atoms with Gasteiger partial charge >= 0.3 is 6.09 Å². The molecule has 0 atom stereocenters. The van der Waals surface area contributed by atoms with Crippen LogP contribution in [-0.2, 0) is 11.2 Å². The van der Waals surface area contributed by atoms with Crippen LogP contribution < -0.4 is 10.6 Å². The standard InChI is InChI=1S/C18H32N6O3.HI/c1-5-26-18(25)24-11-8-14(9-12-24)21-17(19-4)20-10-6-7-15-22-16(13(2)3)23-27-15;/h13-14H,5-12H2,1-4H3,(H2,19,20,21);1H. The lowest BCUT2D eigenvalue weighted by molar-refractivity contribution is 0.0963. The molecule has 1 fully saturated rings. The molecule has 28 heavy (non-hydrogen) atoms. The van der Waals surface area contributed by atoms with Gasteiger partial charge in [0.05, 0.1) is 6.61 Å². The molecule has 10 heteroatoms. The van der Waals surface area contributed by atoms with E-state index < -0.39 is 0 Å². The second kappa shape index (κ2) is 12.8. The van der Waals surface area contributed by atoms with Gasteiger partial charge in [0.2, 0.25) is 5.89 Å². The molecule has 2 heterocycles. The molecule has 0 unspecified atom stereocenters. The van der Waals surface area contributed by atoms with Crippen molar-refractivity contribution in [3.8, 4) is 0 Å². The summed E-state index contributed by atoms with van der Waals surface area (Å²) in [6.45, 7) is 8.48. The van der Waals surface area contributed by atoms with E-state index in [0.717, 1.165) is 44.0 Å². The highest BCUT2D eigenvalue weighted by molar-refractivity contribution is 14.0. The van der Waals surface area contributed by atoms with Crippen LogP contribution in [0.25, 0.3) is 0 Å². The largest absolute Gasteiger partial charge is 0.450 e. The zero-order valence-electron chi connectivity index (χ0n) is 17.2. The molecular formula is C18H33IN6O3.